The lowest BCUT2D eigenvalue weighted by atomic mass is 9.80. The second-order valence-corrected chi connectivity index (χ2v) is 8.52. The molecule has 34 heavy (non-hydrogen) atoms. The Kier molecular flexibility index (Phi) is 7.06. The number of hydroxylamine groups is 1. The zero-order valence-electron chi connectivity index (χ0n) is 18.6. The molecule has 1 saturated carbocycles. The van der Waals surface area contributed by atoms with Gasteiger partial charge in [0.05, 0.1) is 23.6 Å². The van der Waals surface area contributed by atoms with Crippen molar-refractivity contribution in [2.24, 2.45) is 5.92 Å². The molecule has 9 nitrogen and oxygen atoms in total. The molecular formula is C25H27N3O6. The number of carbonyl (C=O) groups is 2. The number of benzene rings is 2. The number of carbonyl (C=O) groups excluding carboxylic acids is 2. The van der Waals surface area contributed by atoms with Gasteiger partial charge in [-0.3, -0.25) is 19.8 Å². The summed E-state index contributed by atoms with van der Waals surface area (Å²) in [5.41, 5.74) is 4.72. The van der Waals surface area contributed by atoms with Gasteiger partial charge in [-0.05, 0) is 56.2 Å². The maximum Gasteiger partial charge on any atom is 0.251 e. The van der Waals surface area contributed by atoms with Crippen LogP contribution in [0.3, 0.4) is 0 Å². The van der Waals surface area contributed by atoms with Gasteiger partial charge < -0.3 is 20.3 Å². The zero-order chi connectivity index (χ0) is 24.2. The van der Waals surface area contributed by atoms with Gasteiger partial charge in [-0.2, -0.15) is 0 Å². The van der Waals surface area contributed by atoms with E-state index in [2.05, 4.69) is 10.3 Å². The molecule has 1 aliphatic carbocycles. The van der Waals surface area contributed by atoms with Crippen molar-refractivity contribution in [3.63, 3.8) is 0 Å². The van der Waals surface area contributed by atoms with E-state index in [9.17, 15) is 19.8 Å². The molecule has 9 heteroatoms. The van der Waals surface area contributed by atoms with Gasteiger partial charge in [0, 0.05) is 28.2 Å². The minimum absolute atomic E-state index is 0.00844. The molecule has 1 aliphatic rings. The number of ether oxygens (including phenoxy) is 1. The van der Waals surface area contributed by atoms with Gasteiger partial charge in [-0.1, -0.05) is 18.2 Å². The lowest BCUT2D eigenvalue weighted by Gasteiger charge is -2.36. The average molecular weight is 466 g/mol. The number of amides is 2. The third-order valence-corrected chi connectivity index (χ3v) is 6.12. The second-order valence-electron chi connectivity index (χ2n) is 8.52. The van der Waals surface area contributed by atoms with Crippen molar-refractivity contribution in [1.82, 2.24) is 15.8 Å². The summed E-state index contributed by atoms with van der Waals surface area (Å²) < 4.78 is 5.93. The van der Waals surface area contributed by atoms with Crippen LogP contribution in [-0.4, -0.2) is 50.5 Å². The molecule has 178 valence electrons. The van der Waals surface area contributed by atoms with Crippen LogP contribution in [0.5, 0.6) is 5.75 Å². The topological polar surface area (TPSA) is 141 Å². The molecule has 0 radical (unpaired) electrons. The highest BCUT2D eigenvalue weighted by Crippen LogP contribution is 2.26. The molecule has 2 amide bonds. The van der Waals surface area contributed by atoms with Crippen molar-refractivity contribution in [2.45, 2.75) is 44.6 Å². The fourth-order valence-electron chi connectivity index (χ4n) is 4.32. The Hall–Kier alpha value is -3.53. The van der Waals surface area contributed by atoms with Crippen LogP contribution in [0.2, 0.25) is 0 Å². The molecule has 4 atom stereocenters. The standard InChI is InChI=1S/C25H27N3O6/c1-14-10-16(18-4-2-3-5-20(18)26-14)13-34-17-8-6-15(7-9-17)24(31)27-21-12-23(30)22(29)11-19(21)25(32)28-33/h2-10,19,21-23,29-30,33H,11-13H2,1H3,(H,27,31)(H,28,32). The maximum atomic E-state index is 12.7. The van der Waals surface area contributed by atoms with Crippen LogP contribution in [-0.2, 0) is 11.4 Å². The molecule has 2 aromatic carbocycles. The predicted molar refractivity (Wildman–Crippen MR) is 123 cm³/mol. The number of fused-ring (bicyclic) bond motifs is 1. The van der Waals surface area contributed by atoms with Gasteiger partial charge in [-0.25, -0.2) is 5.48 Å². The first-order valence-electron chi connectivity index (χ1n) is 11.0. The Bertz CT molecular complexity index is 1180. The summed E-state index contributed by atoms with van der Waals surface area (Å²) in [4.78, 5) is 29.2. The molecule has 1 fully saturated rings. The Balaban J connectivity index is 1.41. The molecule has 4 unspecified atom stereocenters. The predicted octanol–water partition coefficient (Wildman–Crippen LogP) is 1.86. The number of hydrogen-bond acceptors (Lipinski definition) is 7. The smallest absolute Gasteiger partial charge is 0.251 e. The van der Waals surface area contributed by atoms with E-state index in [0.29, 0.717) is 17.9 Å². The summed E-state index contributed by atoms with van der Waals surface area (Å²) in [7, 11) is 0. The number of aliphatic hydroxyl groups excluding tert-OH is 2. The van der Waals surface area contributed by atoms with E-state index in [1.54, 1.807) is 29.7 Å². The van der Waals surface area contributed by atoms with Gasteiger partial charge in [0.15, 0.2) is 0 Å². The van der Waals surface area contributed by atoms with Crippen LogP contribution >= 0.6 is 0 Å². The van der Waals surface area contributed by atoms with Gasteiger partial charge in [0.1, 0.15) is 12.4 Å². The van der Waals surface area contributed by atoms with Crippen molar-refractivity contribution >= 4 is 22.7 Å². The lowest BCUT2D eigenvalue weighted by Crippen LogP contribution is -2.54. The third kappa shape index (κ3) is 5.17. The first-order valence-corrected chi connectivity index (χ1v) is 11.0. The van der Waals surface area contributed by atoms with Crippen LogP contribution in [0, 0.1) is 12.8 Å². The first kappa shape index (κ1) is 23.6. The molecule has 1 heterocycles. The van der Waals surface area contributed by atoms with E-state index in [1.807, 2.05) is 37.3 Å². The Morgan fingerprint density at radius 2 is 1.76 bits per heavy atom. The molecule has 5 N–H and O–H groups in total. The van der Waals surface area contributed by atoms with Gasteiger partial charge >= 0.3 is 0 Å². The van der Waals surface area contributed by atoms with Crippen LogP contribution in [0.4, 0.5) is 0 Å². The van der Waals surface area contributed by atoms with Crippen LogP contribution in [0.25, 0.3) is 10.9 Å². The lowest BCUT2D eigenvalue weighted by molar-refractivity contribution is -0.139. The summed E-state index contributed by atoms with van der Waals surface area (Å²) in [5.74, 6) is -1.44. The van der Waals surface area contributed by atoms with Crippen molar-refractivity contribution in [3.8, 4) is 5.75 Å². The molecule has 4 rings (SSSR count). The molecular weight excluding hydrogens is 438 g/mol. The Labute approximate surface area is 196 Å². The van der Waals surface area contributed by atoms with E-state index in [4.69, 9.17) is 9.94 Å². The number of nitrogens with zero attached hydrogens (tertiary/aromatic N) is 1. The number of aryl methyl sites for hydroxylation is 1. The van der Waals surface area contributed by atoms with Crippen molar-refractivity contribution in [1.29, 1.82) is 0 Å². The van der Waals surface area contributed by atoms with E-state index >= 15 is 0 Å². The number of nitrogens with one attached hydrogen (secondary N) is 2. The zero-order valence-corrected chi connectivity index (χ0v) is 18.6. The number of hydrogen-bond donors (Lipinski definition) is 5. The third-order valence-electron chi connectivity index (χ3n) is 6.12. The monoisotopic (exact) mass is 465 g/mol. The van der Waals surface area contributed by atoms with Crippen LogP contribution < -0.4 is 15.5 Å². The van der Waals surface area contributed by atoms with Crippen LogP contribution in [0.15, 0.2) is 54.6 Å². The van der Waals surface area contributed by atoms with Gasteiger partial charge in [0.25, 0.3) is 5.91 Å². The fourth-order valence-corrected chi connectivity index (χ4v) is 4.32. The number of para-hydroxylation sites is 1. The van der Waals surface area contributed by atoms with E-state index < -0.39 is 36.0 Å². The number of pyridine rings is 1. The van der Waals surface area contributed by atoms with Gasteiger partial charge in [-0.15, -0.1) is 0 Å². The number of aromatic nitrogens is 1. The molecule has 1 aromatic heterocycles. The van der Waals surface area contributed by atoms with E-state index in [1.165, 1.54) is 0 Å². The summed E-state index contributed by atoms with van der Waals surface area (Å²) in [6.45, 7) is 2.28. The quantitative estimate of drug-likeness (QED) is 0.276. The number of aliphatic hydroxyl groups is 2. The summed E-state index contributed by atoms with van der Waals surface area (Å²) in [5, 5.41) is 32.5. The highest BCUT2D eigenvalue weighted by molar-refractivity contribution is 5.95. The van der Waals surface area contributed by atoms with Crippen LogP contribution in [0.1, 0.15) is 34.5 Å². The molecule has 3 aromatic rings. The fraction of sp³-hybridized carbons (Fsp3) is 0.320. The second kappa shape index (κ2) is 10.2. The minimum Gasteiger partial charge on any atom is -0.489 e. The average Bonchev–Trinajstić information content (AvgIpc) is 2.84. The van der Waals surface area contributed by atoms with Gasteiger partial charge in [0.2, 0.25) is 5.91 Å². The SMILES string of the molecule is Cc1cc(COc2ccc(C(=O)NC3CC(O)C(O)CC3C(=O)NO)cc2)c2ccccc2n1. The van der Waals surface area contributed by atoms with Crippen molar-refractivity contribution < 1.29 is 29.7 Å². The highest BCUT2D eigenvalue weighted by Gasteiger charge is 2.40. The van der Waals surface area contributed by atoms with Crippen molar-refractivity contribution in [2.75, 3.05) is 0 Å². The number of rotatable bonds is 6. The summed E-state index contributed by atoms with van der Waals surface area (Å²) in [6, 6.07) is 15.7. The molecule has 0 aliphatic heterocycles. The Morgan fingerprint density at radius 3 is 2.50 bits per heavy atom. The van der Waals surface area contributed by atoms with Crippen molar-refractivity contribution in [3.05, 3.63) is 71.4 Å². The molecule has 0 saturated heterocycles. The summed E-state index contributed by atoms with van der Waals surface area (Å²) in [6.07, 6.45) is -2.26. The first-order chi connectivity index (χ1) is 16.4. The largest absolute Gasteiger partial charge is 0.489 e. The summed E-state index contributed by atoms with van der Waals surface area (Å²) >= 11 is 0. The normalized spacial score (nSPS) is 22.2. The Morgan fingerprint density at radius 1 is 1.06 bits per heavy atom. The highest BCUT2D eigenvalue weighted by atomic mass is 16.5. The molecule has 0 spiro atoms. The minimum atomic E-state index is -1.10. The maximum absolute atomic E-state index is 12.7. The van der Waals surface area contributed by atoms with E-state index in [0.717, 1.165) is 22.2 Å². The van der Waals surface area contributed by atoms with E-state index in [-0.39, 0.29) is 12.8 Å². The molecule has 0 bridgehead atoms.